The Morgan fingerprint density at radius 2 is 1.93 bits per heavy atom. The largest absolute Gasteiger partial charge is 0.330 e. The van der Waals surface area contributed by atoms with Crippen LogP contribution in [0.4, 0.5) is 0 Å². The van der Waals surface area contributed by atoms with Crippen LogP contribution < -0.4 is 5.73 Å². The van der Waals surface area contributed by atoms with Gasteiger partial charge >= 0.3 is 0 Å². The summed E-state index contributed by atoms with van der Waals surface area (Å²) in [6.07, 6.45) is 8.74. The zero-order chi connectivity index (χ0) is 11.1. The first kappa shape index (κ1) is 13.0. The molecule has 90 valence electrons. The van der Waals surface area contributed by atoms with E-state index in [1.54, 1.807) is 0 Å². The van der Waals surface area contributed by atoms with E-state index in [2.05, 4.69) is 18.9 Å². The Morgan fingerprint density at radius 3 is 2.53 bits per heavy atom. The van der Waals surface area contributed by atoms with Crippen molar-refractivity contribution < 1.29 is 0 Å². The van der Waals surface area contributed by atoms with Gasteiger partial charge in [0.25, 0.3) is 0 Å². The Hall–Kier alpha value is -0.0800. The quantitative estimate of drug-likeness (QED) is 0.733. The average Bonchev–Trinajstić information content (AvgIpc) is 2.27. The molecule has 0 aromatic rings. The van der Waals surface area contributed by atoms with E-state index in [4.69, 9.17) is 5.73 Å². The summed E-state index contributed by atoms with van der Waals surface area (Å²) >= 11 is 0. The molecule has 0 aromatic heterocycles. The van der Waals surface area contributed by atoms with E-state index in [-0.39, 0.29) is 0 Å². The molecule has 0 amide bonds. The van der Waals surface area contributed by atoms with Gasteiger partial charge in [0.15, 0.2) is 0 Å². The van der Waals surface area contributed by atoms with Crippen molar-refractivity contribution in [3.63, 3.8) is 0 Å². The first-order valence-corrected chi connectivity index (χ1v) is 6.61. The summed E-state index contributed by atoms with van der Waals surface area (Å²) in [5.74, 6) is 1.65. The van der Waals surface area contributed by atoms with Crippen LogP contribution in [0.1, 0.15) is 45.4 Å². The minimum Gasteiger partial charge on any atom is -0.330 e. The van der Waals surface area contributed by atoms with Crippen molar-refractivity contribution in [3.05, 3.63) is 0 Å². The molecular formula is C13H28N2. The van der Waals surface area contributed by atoms with Gasteiger partial charge in [-0.1, -0.05) is 39.0 Å². The fraction of sp³-hybridized carbons (Fsp3) is 1.00. The monoisotopic (exact) mass is 212 g/mol. The molecule has 1 aliphatic carbocycles. The second-order valence-corrected chi connectivity index (χ2v) is 5.40. The van der Waals surface area contributed by atoms with Crippen LogP contribution in [-0.4, -0.2) is 31.6 Å². The Morgan fingerprint density at radius 1 is 1.27 bits per heavy atom. The maximum absolute atomic E-state index is 5.63. The smallest absolute Gasteiger partial charge is 0.00160 e. The van der Waals surface area contributed by atoms with E-state index in [1.165, 1.54) is 45.1 Å². The van der Waals surface area contributed by atoms with Crippen LogP contribution in [0.15, 0.2) is 0 Å². The zero-order valence-corrected chi connectivity index (χ0v) is 10.5. The molecule has 0 aromatic carbocycles. The highest BCUT2D eigenvalue weighted by Gasteiger charge is 2.14. The standard InChI is InChI=1S/C13H28N2/c1-12(10-14)11-15(2)9-8-13-6-4-3-5-7-13/h12-13H,3-11,14H2,1-2H3. The van der Waals surface area contributed by atoms with Crippen molar-refractivity contribution >= 4 is 0 Å². The van der Waals surface area contributed by atoms with Crippen molar-refractivity contribution in [1.82, 2.24) is 4.90 Å². The van der Waals surface area contributed by atoms with Gasteiger partial charge in [-0.2, -0.15) is 0 Å². The minimum absolute atomic E-state index is 0.640. The Balaban J connectivity index is 2.07. The van der Waals surface area contributed by atoms with Crippen LogP contribution in [0.2, 0.25) is 0 Å². The SMILES string of the molecule is CC(CN)CN(C)CCC1CCCCC1. The van der Waals surface area contributed by atoms with Gasteiger partial charge < -0.3 is 10.6 Å². The van der Waals surface area contributed by atoms with E-state index in [1.807, 2.05) is 0 Å². The number of nitrogens with two attached hydrogens (primary N) is 1. The fourth-order valence-electron chi connectivity index (χ4n) is 2.58. The average molecular weight is 212 g/mol. The third-order valence-corrected chi connectivity index (χ3v) is 3.67. The molecule has 0 heterocycles. The van der Waals surface area contributed by atoms with E-state index in [0.717, 1.165) is 19.0 Å². The number of rotatable bonds is 6. The summed E-state index contributed by atoms with van der Waals surface area (Å²) in [5.41, 5.74) is 5.63. The minimum atomic E-state index is 0.640. The van der Waals surface area contributed by atoms with E-state index in [0.29, 0.717) is 5.92 Å². The van der Waals surface area contributed by atoms with Gasteiger partial charge in [-0.3, -0.25) is 0 Å². The third-order valence-electron chi connectivity index (χ3n) is 3.67. The van der Waals surface area contributed by atoms with Gasteiger partial charge in [-0.05, 0) is 38.4 Å². The summed E-state index contributed by atoms with van der Waals surface area (Å²) in [6.45, 7) is 5.46. The predicted molar refractivity (Wildman–Crippen MR) is 66.9 cm³/mol. The van der Waals surface area contributed by atoms with Gasteiger partial charge in [0, 0.05) is 6.54 Å². The van der Waals surface area contributed by atoms with Crippen molar-refractivity contribution in [2.75, 3.05) is 26.7 Å². The molecular weight excluding hydrogens is 184 g/mol. The Labute approximate surface area is 95.2 Å². The van der Waals surface area contributed by atoms with Crippen molar-refractivity contribution in [3.8, 4) is 0 Å². The molecule has 15 heavy (non-hydrogen) atoms. The molecule has 0 bridgehead atoms. The first-order valence-electron chi connectivity index (χ1n) is 6.61. The predicted octanol–water partition coefficient (Wildman–Crippen LogP) is 2.48. The molecule has 0 radical (unpaired) electrons. The van der Waals surface area contributed by atoms with Crippen molar-refractivity contribution in [2.24, 2.45) is 17.6 Å². The van der Waals surface area contributed by atoms with Crippen LogP contribution >= 0.6 is 0 Å². The molecule has 1 fully saturated rings. The third kappa shape index (κ3) is 5.53. The topological polar surface area (TPSA) is 29.3 Å². The molecule has 1 unspecified atom stereocenters. The van der Waals surface area contributed by atoms with Crippen LogP contribution in [-0.2, 0) is 0 Å². The maximum Gasteiger partial charge on any atom is 0.00160 e. The molecule has 1 rings (SSSR count). The molecule has 0 spiro atoms. The number of hydrogen-bond donors (Lipinski definition) is 1. The second kappa shape index (κ2) is 7.24. The van der Waals surface area contributed by atoms with E-state index >= 15 is 0 Å². The molecule has 1 saturated carbocycles. The lowest BCUT2D eigenvalue weighted by Gasteiger charge is -2.25. The van der Waals surface area contributed by atoms with Gasteiger partial charge in [-0.15, -0.1) is 0 Å². The normalized spacial score (nSPS) is 20.8. The zero-order valence-electron chi connectivity index (χ0n) is 10.5. The fourth-order valence-corrected chi connectivity index (χ4v) is 2.58. The summed E-state index contributed by atoms with van der Waals surface area (Å²) in [7, 11) is 2.23. The summed E-state index contributed by atoms with van der Waals surface area (Å²) in [5, 5.41) is 0. The molecule has 2 nitrogen and oxygen atoms in total. The first-order chi connectivity index (χ1) is 7.22. The van der Waals surface area contributed by atoms with Gasteiger partial charge in [0.2, 0.25) is 0 Å². The highest BCUT2D eigenvalue weighted by molar-refractivity contribution is 4.68. The Bertz CT molecular complexity index is 153. The molecule has 0 aliphatic heterocycles. The highest BCUT2D eigenvalue weighted by Crippen LogP contribution is 2.26. The van der Waals surface area contributed by atoms with Crippen LogP contribution in [0.3, 0.4) is 0 Å². The van der Waals surface area contributed by atoms with Crippen LogP contribution in [0, 0.1) is 11.8 Å². The Kier molecular flexibility index (Phi) is 6.26. The molecule has 1 aliphatic rings. The highest BCUT2D eigenvalue weighted by atomic mass is 15.1. The number of nitrogens with zero attached hydrogens (tertiary/aromatic N) is 1. The van der Waals surface area contributed by atoms with Gasteiger partial charge in [0.05, 0.1) is 0 Å². The lowest BCUT2D eigenvalue weighted by atomic mass is 9.87. The molecule has 0 saturated heterocycles. The van der Waals surface area contributed by atoms with Gasteiger partial charge in [0.1, 0.15) is 0 Å². The number of hydrogen-bond acceptors (Lipinski definition) is 2. The molecule has 2 heteroatoms. The second-order valence-electron chi connectivity index (χ2n) is 5.40. The van der Waals surface area contributed by atoms with Crippen LogP contribution in [0.25, 0.3) is 0 Å². The lowest BCUT2D eigenvalue weighted by Crippen LogP contribution is -2.30. The van der Waals surface area contributed by atoms with E-state index in [9.17, 15) is 0 Å². The summed E-state index contributed by atoms with van der Waals surface area (Å²) in [6, 6.07) is 0. The molecule has 1 atom stereocenters. The van der Waals surface area contributed by atoms with Crippen molar-refractivity contribution in [2.45, 2.75) is 45.4 Å². The lowest BCUT2D eigenvalue weighted by molar-refractivity contribution is 0.243. The van der Waals surface area contributed by atoms with E-state index < -0.39 is 0 Å². The van der Waals surface area contributed by atoms with Crippen LogP contribution in [0.5, 0.6) is 0 Å². The summed E-state index contributed by atoms with van der Waals surface area (Å²) < 4.78 is 0. The molecule has 2 N–H and O–H groups in total. The maximum atomic E-state index is 5.63. The summed E-state index contributed by atoms with van der Waals surface area (Å²) in [4.78, 5) is 2.45. The van der Waals surface area contributed by atoms with Gasteiger partial charge in [-0.25, -0.2) is 0 Å². The van der Waals surface area contributed by atoms with Crippen molar-refractivity contribution in [1.29, 1.82) is 0 Å².